The van der Waals surface area contributed by atoms with E-state index in [-0.39, 0.29) is 0 Å². The Morgan fingerprint density at radius 2 is 1.67 bits per heavy atom. The third-order valence-corrected chi connectivity index (χ3v) is 4.19. The molecule has 0 aliphatic carbocycles. The first-order valence-electron chi connectivity index (χ1n) is 8.93. The van der Waals surface area contributed by atoms with E-state index in [1.807, 2.05) is 4.68 Å². The fourth-order valence-electron chi connectivity index (χ4n) is 3.04. The van der Waals surface area contributed by atoms with Gasteiger partial charge in [0.05, 0.1) is 11.4 Å². The maximum Gasteiger partial charge on any atom is 0.0597 e. The van der Waals surface area contributed by atoms with E-state index in [1.54, 1.807) is 0 Å². The molecule has 1 rings (SSSR count). The van der Waals surface area contributed by atoms with E-state index in [1.165, 1.54) is 63.5 Å². The zero-order chi connectivity index (χ0) is 15.5. The molecule has 0 aromatic carbocycles. The molecular weight excluding hydrogens is 258 g/mol. The molecule has 3 nitrogen and oxygen atoms in total. The summed E-state index contributed by atoms with van der Waals surface area (Å²) < 4.78 is 2.04. The number of nitrogens with one attached hydrogen (secondary N) is 1. The lowest BCUT2D eigenvalue weighted by Gasteiger charge is -2.18. The van der Waals surface area contributed by atoms with Gasteiger partial charge in [0.1, 0.15) is 0 Å². The maximum atomic E-state index is 4.48. The van der Waals surface area contributed by atoms with Gasteiger partial charge in [0.2, 0.25) is 0 Å². The van der Waals surface area contributed by atoms with E-state index in [4.69, 9.17) is 0 Å². The lowest BCUT2D eigenvalue weighted by Crippen LogP contribution is -2.23. The molecule has 122 valence electrons. The highest BCUT2D eigenvalue weighted by atomic mass is 15.3. The topological polar surface area (TPSA) is 29.9 Å². The molecule has 1 heterocycles. The van der Waals surface area contributed by atoms with Gasteiger partial charge >= 0.3 is 0 Å². The summed E-state index contributed by atoms with van der Waals surface area (Å²) in [5.74, 6) is 0. The molecular formula is C18H35N3. The molecule has 0 aliphatic heterocycles. The third-order valence-electron chi connectivity index (χ3n) is 4.19. The van der Waals surface area contributed by atoms with Crippen molar-refractivity contribution in [1.82, 2.24) is 15.1 Å². The molecule has 0 radical (unpaired) electrons. The second-order valence-corrected chi connectivity index (χ2v) is 6.21. The highest BCUT2D eigenvalue weighted by Gasteiger charge is 2.14. The van der Waals surface area contributed by atoms with Crippen LogP contribution in [0.3, 0.4) is 0 Å². The molecule has 0 aliphatic rings. The number of aromatic nitrogens is 2. The van der Waals surface area contributed by atoms with Crippen LogP contribution in [-0.4, -0.2) is 16.3 Å². The molecule has 0 saturated carbocycles. The van der Waals surface area contributed by atoms with Gasteiger partial charge in [-0.15, -0.1) is 0 Å². The smallest absolute Gasteiger partial charge is 0.0597 e. The zero-order valence-electron chi connectivity index (χ0n) is 14.6. The Balaban J connectivity index is 2.24. The van der Waals surface area contributed by atoms with Gasteiger partial charge in [0, 0.05) is 13.1 Å². The molecule has 1 atom stereocenters. The van der Waals surface area contributed by atoms with Gasteiger partial charge in [0.15, 0.2) is 0 Å². The number of nitrogens with zero attached hydrogens (tertiary/aromatic N) is 2. The first-order chi connectivity index (χ1) is 10.2. The highest BCUT2D eigenvalue weighted by molar-refractivity contribution is 5.13. The summed E-state index contributed by atoms with van der Waals surface area (Å²) in [7, 11) is 2.06. The maximum absolute atomic E-state index is 4.48. The van der Waals surface area contributed by atoms with E-state index < -0.39 is 0 Å². The Morgan fingerprint density at radius 1 is 1.05 bits per heavy atom. The van der Waals surface area contributed by atoms with Crippen LogP contribution in [0.25, 0.3) is 0 Å². The summed E-state index contributed by atoms with van der Waals surface area (Å²) in [6.07, 6.45) is 12.3. The van der Waals surface area contributed by atoms with E-state index in [0.29, 0.717) is 6.04 Å². The predicted octanol–water partition coefficient (Wildman–Crippen LogP) is 4.91. The zero-order valence-corrected chi connectivity index (χ0v) is 14.6. The van der Waals surface area contributed by atoms with Crippen LogP contribution in [0, 0.1) is 6.92 Å². The van der Waals surface area contributed by atoms with Crippen molar-refractivity contribution in [1.29, 1.82) is 0 Å². The van der Waals surface area contributed by atoms with Gasteiger partial charge in [-0.2, -0.15) is 5.10 Å². The van der Waals surface area contributed by atoms with Gasteiger partial charge in [-0.3, -0.25) is 4.68 Å². The lowest BCUT2D eigenvalue weighted by atomic mass is 10.0. The lowest BCUT2D eigenvalue weighted by molar-refractivity contribution is 0.451. The Hall–Kier alpha value is -0.830. The van der Waals surface area contributed by atoms with Crippen LogP contribution < -0.4 is 5.32 Å². The summed E-state index contributed by atoms with van der Waals surface area (Å²) in [6, 6.07) is 2.68. The van der Waals surface area contributed by atoms with Crippen molar-refractivity contribution in [3.63, 3.8) is 0 Å². The van der Waals surface area contributed by atoms with Crippen LogP contribution in [0.2, 0.25) is 0 Å². The van der Waals surface area contributed by atoms with Gasteiger partial charge in [-0.25, -0.2) is 0 Å². The SMILES string of the molecule is CCCCCCCCCCC(NCC)c1cc(C)nn1C. The Bertz CT molecular complexity index is 371. The van der Waals surface area contributed by atoms with E-state index >= 15 is 0 Å². The van der Waals surface area contributed by atoms with Crippen molar-refractivity contribution >= 4 is 0 Å². The number of hydrogen-bond acceptors (Lipinski definition) is 2. The first-order valence-corrected chi connectivity index (χ1v) is 8.93. The average molecular weight is 293 g/mol. The Kier molecular flexibility index (Phi) is 9.40. The van der Waals surface area contributed by atoms with Crippen LogP contribution in [0.1, 0.15) is 89.1 Å². The summed E-state index contributed by atoms with van der Waals surface area (Å²) in [5, 5.41) is 8.09. The van der Waals surface area contributed by atoms with Crippen molar-refractivity contribution in [3.05, 3.63) is 17.5 Å². The minimum absolute atomic E-state index is 0.460. The van der Waals surface area contributed by atoms with Gasteiger partial charge < -0.3 is 5.32 Å². The van der Waals surface area contributed by atoms with Gasteiger partial charge in [-0.1, -0.05) is 65.2 Å². The molecule has 0 saturated heterocycles. The van der Waals surface area contributed by atoms with Crippen molar-refractivity contribution in [3.8, 4) is 0 Å². The fourth-order valence-corrected chi connectivity index (χ4v) is 3.04. The number of unbranched alkanes of at least 4 members (excludes halogenated alkanes) is 7. The minimum Gasteiger partial charge on any atom is -0.309 e. The van der Waals surface area contributed by atoms with Crippen molar-refractivity contribution < 1.29 is 0 Å². The third kappa shape index (κ3) is 7.12. The largest absolute Gasteiger partial charge is 0.309 e. The molecule has 1 aromatic heterocycles. The quantitative estimate of drug-likeness (QED) is 0.555. The first kappa shape index (κ1) is 18.2. The van der Waals surface area contributed by atoms with E-state index in [9.17, 15) is 0 Å². The number of aryl methyl sites for hydroxylation is 2. The predicted molar refractivity (Wildman–Crippen MR) is 91.6 cm³/mol. The monoisotopic (exact) mass is 293 g/mol. The van der Waals surface area contributed by atoms with Crippen LogP contribution in [0.5, 0.6) is 0 Å². The summed E-state index contributed by atoms with van der Waals surface area (Å²) in [6.45, 7) is 7.56. The second-order valence-electron chi connectivity index (χ2n) is 6.21. The molecule has 0 fully saturated rings. The van der Waals surface area contributed by atoms with E-state index in [2.05, 4.69) is 44.3 Å². The molecule has 21 heavy (non-hydrogen) atoms. The Morgan fingerprint density at radius 3 is 2.19 bits per heavy atom. The normalized spacial score (nSPS) is 12.8. The molecule has 0 bridgehead atoms. The molecule has 3 heteroatoms. The minimum atomic E-state index is 0.460. The molecule has 1 N–H and O–H groups in total. The molecule has 1 aromatic rings. The fraction of sp³-hybridized carbons (Fsp3) is 0.833. The van der Waals surface area contributed by atoms with Crippen LogP contribution in [0.4, 0.5) is 0 Å². The summed E-state index contributed by atoms with van der Waals surface area (Å²) >= 11 is 0. The molecule has 0 spiro atoms. The van der Waals surface area contributed by atoms with Crippen molar-refractivity contribution in [2.75, 3.05) is 6.54 Å². The Labute approximate surface area is 131 Å². The van der Waals surface area contributed by atoms with Crippen molar-refractivity contribution in [2.24, 2.45) is 7.05 Å². The standard InChI is InChI=1S/C18H35N3/c1-5-7-8-9-10-11-12-13-14-17(19-6-2)18-15-16(3)20-21(18)4/h15,17,19H,5-14H2,1-4H3. The highest BCUT2D eigenvalue weighted by Crippen LogP contribution is 2.21. The van der Waals surface area contributed by atoms with E-state index in [0.717, 1.165) is 12.2 Å². The van der Waals surface area contributed by atoms with Crippen LogP contribution in [-0.2, 0) is 7.05 Å². The molecule has 1 unspecified atom stereocenters. The summed E-state index contributed by atoms with van der Waals surface area (Å²) in [5.41, 5.74) is 2.45. The average Bonchev–Trinajstić information content (AvgIpc) is 2.79. The van der Waals surface area contributed by atoms with Gasteiger partial charge in [-0.05, 0) is 26.0 Å². The van der Waals surface area contributed by atoms with Crippen LogP contribution >= 0.6 is 0 Å². The van der Waals surface area contributed by atoms with Gasteiger partial charge in [0.25, 0.3) is 0 Å². The summed E-state index contributed by atoms with van der Waals surface area (Å²) in [4.78, 5) is 0. The van der Waals surface area contributed by atoms with Crippen molar-refractivity contribution in [2.45, 2.75) is 84.6 Å². The molecule has 0 amide bonds. The van der Waals surface area contributed by atoms with Crippen LogP contribution in [0.15, 0.2) is 6.07 Å². The number of rotatable bonds is 12. The number of hydrogen-bond donors (Lipinski definition) is 1. The second kappa shape index (κ2) is 10.8.